The molecule has 4 nitrogen and oxygen atoms in total. The summed E-state index contributed by atoms with van der Waals surface area (Å²) in [6.45, 7) is 6.95. The molecule has 19 heavy (non-hydrogen) atoms. The van der Waals surface area contributed by atoms with Crippen molar-refractivity contribution < 1.29 is 14.6 Å². The van der Waals surface area contributed by atoms with Crippen LogP contribution < -0.4 is 5.32 Å². The summed E-state index contributed by atoms with van der Waals surface area (Å²) in [5.41, 5.74) is 1.61. The Labute approximate surface area is 114 Å². The molecule has 0 radical (unpaired) electrons. The predicted molar refractivity (Wildman–Crippen MR) is 74.5 cm³/mol. The van der Waals surface area contributed by atoms with Gasteiger partial charge in [-0.3, -0.25) is 4.79 Å². The molecule has 0 aromatic heterocycles. The lowest BCUT2D eigenvalue weighted by molar-refractivity contribution is -0.154. The van der Waals surface area contributed by atoms with E-state index >= 15 is 0 Å². The van der Waals surface area contributed by atoms with Gasteiger partial charge in [-0.1, -0.05) is 24.3 Å². The van der Waals surface area contributed by atoms with Crippen molar-refractivity contribution in [3.05, 3.63) is 35.4 Å². The minimum atomic E-state index is -0.419. The molecule has 1 aromatic carbocycles. The first-order valence-electron chi connectivity index (χ1n) is 6.52. The zero-order valence-electron chi connectivity index (χ0n) is 11.9. The molecular formula is C15H23NO3. The van der Waals surface area contributed by atoms with E-state index < -0.39 is 5.60 Å². The molecule has 1 aromatic rings. The molecular weight excluding hydrogens is 242 g/mol. The zero-order valence-corrected chi connectivity index (χ0v) is 11.9. The minimum absolute atomic E-state index is 0.0619. The van der Waals surface area contributed by atoms with Crippen molar-refractivity contribution in [2.45, 2.75) is 45.9 Å². The predicted octanol–water partition coefficient (Wildman–Crippen LogP) is 2.00. The van der Waals surface area contributed by atoms with E-state index in [1.165, 1.54) is 0 Å². The summed E-state index contributed by atoms with van der Waals surface area (Å²) < 4.78 is 5.21. The van der Waals surface area contributed by atoms with Gasteiger partial charge in [0.1, 0.15) is 5.60 Å². The monoisotopic (exact) mass is 265 g/mol. The van der Waals surface area contributed by atoms with Crippen molar-refractivity contribution in [1.29, 1.82) is 0 Å². The standard InChI is InChI=1S/C15H23NO3/c1-15(2,3)19-14(18)8-9-16-10-12-4-6-13(11-17)7-5-12/h4-7,16-17H,8-11H2,1-3H3. The molecule has 0 atom stereocenters. The quantitative estimate of drug-likeness (QED) is 0.610. The topological polar surface area (TPSA) is 58.6 Å². The van der Waals surface area contributed by atoms with E-state index in [4.69, 9.17) is 9.84 Å². The summed E-state index contributed by atoms with van der Waals surface area (Å²) in [6, 6.07) is 7.72. The summed E-state index contributed by atoms with van der Waals surface area (Å²) in [6.07, 6.45) is 0.367. The van der Waals surface area contributed by atoms with Gasteiger partial charge in [-0.2, -0.15) is 0 Å². The smallest absolute Gasteiger partial charge is 0.307 e. The number of rotatable bonds is 6. The Bertz CT molecular complexity index is 393. The van der Waals surface area contributed by atoms with Gasteiger partial charge in [0, 0.05) is 13.1 Å². The second-order valence-electron chi connectivity index (χ2n) is 5.49. The van der Waals surface area contributed by atoms with Crippen LogP contribution in [0.25, 0.3) is 0 Å². The molecule has 0 unspecified atom stereocenters. The van der Waals surface area contributed by atoms with Gasteiger partial charge in [0.2, 0.25) is 0 Å². The lowest BCUT2D eigenvalue weighted by Gasteiger charge is -2.19. The molecule has 2 N–H and O–H groups in total. The van der Waals surface area contributed by atoms with Crippen molar-refractivity contribution >= 4 is 5.97 Å². The molecule has 0 fully saturated rings. The average molecular weight is 265 g/mol. The van der Waals surface area contributed by atoms with Crippen LogP contribution >= 0.6 is 0 Å². The van der Waals surface area contributed by atoms with Gasteiger partial charge in [-0.15, -0.1) is 0 Å². The van der Waals surface area contributed by atoms with Crippen molar-refractivity contribution in [3.8, 4) is 0 Å². The SMILES string of the molecule is CC(C)(C)OC(=O)CCNCc1ccc(CO)cc1. The first-order valence-corrected chi connectivity index (χ1v) is 6.52. The van der Waals surface area contributed by atoms with Crippen LogP contribution in [-0.2, 0) is 22.7 Å². The third-order valence-corrected chi connectivity index (χ3v) is 2.46. The maximum Gasteiger partial charge on any atom is 0.307 e. The Hall–Kier alpha value is -1.39. The maximum absolute atomic E-state index is 11.5. The lowest BCUT2D eigenvalue weighted by Crippen LogP contribution is -2.26. The largest absolute Gasteiger partial charge is 0.460 e. The van der Waals surface area contributed by atoms with E-state index in [2.05, 4.69) is 5.32 Å². The Balaban J connectivity index is 2.21. The lowest BCUT2D eigenvalue weighted by atomic mass is 10.1. The summed E-state index contributed by atoms with van der Waals surface area (Å²) >= 11 is 0. The number of benzene rings is 1. The molecule has 0 saturated carbocycles. The van der Waals surface area contributed by atoms with Crippen molar-refractivity contribution in [1.82, 2.24) is 5.32 Å². The molecule has 0 aliphatic rings. The molecule has 0 heterocycles. The Morgan fingerprint density at radius 2 is 1.79 bits per heavy atom. The number of hydrogen-bond donors (Lipinski definition) is 2. The summed E-state index contributed by atoms with van der Waals surface area (Å²) in [4.78, 5) is 11.5. The molecule has 0 aliphatic heterocycles. The first-order chi connectivity index (χ1) is 8.90. The van der Waals surface area contributed by atoms with Gasteiger partial charge in [0.25, 0.3) is 0 Å². The molecule has 1 rings (SSSR count). The van der Waals surface area contributed by atoms with Crippen LogP contribution in [0.3, 0.4) is 0 Å². The third-order valence-electron chi connectivity index (χ3n) is 2.46. The fraction of sp³-hybridized carbons (Fsp3) is 0.533. The van der Waals surface area contributed by atoms with Crippen LogP contribution in [0.1, 0.15) is 38.3 Å². The van der Waals surface area contributed by atoms with E-state index in [-0.39, 0.29) is 12.6 Å². The van der Waals surface area contributed by atoms with Crippen molar-refractivity contribution in [3.63, 3.8) is 0 Å². The molecule has 0 amide bonds. The summed E-state index contributed by atoms with van der Waals surface area (Å²) in [7, 11) is 0. The normalized spacial score (nSPS) is 11.4. The molecule has 0 spiro atoms. The second kappa shape index (κ2) is 7.26. The molecule has 4 heteroatoms. The van der Waals surface area contributed by atoms with Gasteiger partial charge in [-0.25, -0.2) is 0 Å². The number of carbonyl (C=O) groups is 1. The van der Waals surface area contributed by atoms with Crippen LogP contribution in [0.15, 0.2) is 24.3 Å². The fourth-order valence-electron chi connectivity index (χ4n) is 1.58. The molecule has 0 aliphatic carbocycles. The number of ether oxygens (including phenoxy) is 1. The third kappa shape index (κ3) is 6.94. The highest BCUT2D eigenvalue weighted by Crippen LogP contribution is 2.08. The van der Waals surface area contributed by atoms with Crippen LogP contribution in [0.5, 0.6) is 0 Å². The number of hydrogen-bond acceptors (Lipinski definition) is 4. The van der Waals surface area contributed by atoms with Gasteiger partial charge in [0.05, 0.1) is 13.0 Å². The highest BCUT2D eigenvalue weighted by Gasteiger charge is 2.15. The van der Waals surface area contributed by atoms with Gasteiger partial charge >= 0.3 is 5.97 Å². The Morgan fingerprint density at radius 3 is 2.32 bits per heavy atom. The highest BCUT2D eigenvalue weighted by molar-refractivity contribution is 5.70. The van der Waals surface area contributed by atoms with Crippen LogP contribution in [0, 0.1) is 0 Å². The molecule has 0 bridgehead atoms. The summed E-state index contributed by atoms with van der Waals surface area (Å²) in [5, 5.41) is 12.1. The number of aliphatic hydroxyl groups excluding tert-OH is 1. The number of nitrogens with one attached hydrogen (secondary N) is 1. The van der Waals surface area contributed by atoms with Gasteiger partial charge in [0.15, 0.2) is 0 Å². The zero-order chi connectivity index (χ0) is 14.3. The average Bonchev–Trinajstić information content (AvgIpc) is 2.33. The minimum Gasteiger partial charge on any atom is -0.460 e. The van der Waals surface area contributed by atoms with Crippen molar-refractivity contribution in [2.75, 3.05) is 6.54 Å². The van der Waals surface area contributed by atoms with E-state index in [1.54, 1.807) is 0 Å². The number of esters is 1. The first kappa shape index (κ1) is 15.7. The summed E-state index contributed by atoms with van der Waals surface area (Å²) in [5.74, 6) is -0.185. The van der Waals surface area contributed by atoms with Gasteiger partial charge < -0.3 is 15.2 Å². The van der Waals surface area contributed by atoms with E-state index in [0.717, 1.165) is 11.1 Å². The van der Waals surface area contributed by atoms with Gasteiger partial charge in [-0.05, 0) is 31.9 Å². The van der Waals surface area contributed by atoms with Crippen LogP contribution in [-0.4, -0.2) is 23.2 Å². The maximum atomic E-state index is 11.5. The molecule has 0 saturated heterocycles. The van der Waals surface area contributed by atoms with Crippen LogP contribution in [0.2, 0.25) is 0 Å². The number of aliphatic hydroxyl groups is 1. The Kier molecular flexibility index (Phi) is 5.99. The Morgan fingerprint density at radius 1 is 1.21 bits per heavy atom. The van der Waals surface area contributed by atoms with E-state index in [1.807, 2.05) is 45.0 Å². The fourth-order valence-corrected chi connectivity index (χ4v) is 1.58. The number of carbonyl (C=O) groups excluding carboxylic acids is 1. The van der Waals surface area contributed by atoms with Crippen molar-refractivity contribution in [2.24, 2.45) is 0 Å². The van der Waals surface area contributed by atoms with E-state index in [0.29, 0.717) is 19.5 Å². The van der Waals surface area contributed by atoms with E-state index in [9.17, 15) is 4.79 Å². The second-order valence-corrected chi connectivity index (χ2v) is 5.49. The van der Waals surface area contributed by atoms with Crippen LogP contribution in [0.4, 0.5) is 0 Å². The highest BCUT2D eigenvalue weighted by atomic mass is 16.6. The molecule has 106 valence electrons.